The Morgan fingerprint density at radius 2 is 1.85 bits per heavy atom. The molecular weight excluding hydrogens is 258 g/mol. The van der Waals surface area contributed by atoms with Crippen LogP contribution in [0.4, 0.5) is 4.79 Å². The van der Waals surface area contributed by atoms with Gasteiger partial charge in [0.1, 0.15) is 5.60 Å². The van der Waals surface area contributed by atoms with Crippen molar-refractivity contribution in [1.82, 2.24) is 5.32 Å². The fraction of sp³-hybridized carbons (Fsp3) is 0.333. The first kappa shape index (κ1) is 15.6. The molecule has 1 aromatic rings. The Bertz CT molecular complexity index is 544. The van der Waals surface area contributed by atoms with E-state index in [1.807, 2.05) is 0 Å². The van der Waals surface area contributed by atoms with E-state index >= 15 is 0 Å². The number of benzene rings is 1. The lowest BCUT2D eigenvalue weighted by Crippen LogP contribution is -2.32. The van der Waals surface area contributed by atoms with Crippen molar-refractivity contribution in [3.8, 4) is 11.8 Å². The molecule has 2 N–H and O–H groups in total. The third-order valence-electron chi connectivity index (χ3n) is 2.08. The van der Waals surface area contributed by atoms with Crippen LogP contribution in [-0.4, -0.2) is 29.3 Å². The van der Waals surface area contributed by atoms with E-state index in [0.29, 0.717) is 5.56 Å². The molecule has 1 rings (SSSR count). The van der Waals surface area contributed by atoms with Crippen molar-refractivity contribution in [3.05, 3.63) is 35.4 Å². The summed E-state index contributed by atoms with van der Waals surface area (Å²) in [6.45, 7) is 5.50. The van der Waals surface area contributed by atoms with Gasteiger partial charge in [0.15, 0.2) is 0 Å². The maximum Gasteiger partial charge on any atom is 0.408 e. The minimum atomic E-state index is -0.976. The first-order valence-electron chi connectivity index (χ1n) is 6.07. The van der Waals surface area contributed by atoms with Gasteiger partial charge in [-0.3, -0.25) is 0 Å². The van der Waals surface area contributed by atoms with Crippen LogP contribution in [-0.2, 0) is 4.74 Å². The first-order chi connectivity index (χ1) is 9.28. The maximum absolute atomic E-state index is 11.3. The van der Waals surface area contributed by atoms with Crippen LogP contribution in [0.5, 0.6) is 0 Å². The average molecular weight is 275 g/mol. The molecule has 0 unspecified atom stereocenters. The Hall–Kier alpha value is -2.48. The molecule has 0 aromatic heterocycles. The van der Waals surface area contributed by atoms with E-state index in [2.05, 4.69) is 17.2 Å². The van der Waals surface area contributed by atoms with Crippen LogP contribution in [0.2, 0.25) is 0 Å². The Morgan fingerprint density at radius 3 is 2.35 bits per heavy atom. The number of amides is 1. The van der Waals surface area contributed by atoms with Crippen LogP contribution in [0.1, 0.15) is 36.7 Å². The van der Waals surface area contributed by atoms with Gasteiger partial charge in [0.05, 0.1) is 12.1 Å². The summed E-state index contributed by atoms with van der Waals surface area (Å²) in [5.41, 5.74) is 0.355. The van der Waals surface area contributed by atoms with Gasteiger partial charge < -0.3 is 15.2 Å². The quantitative estimate of drug-likeness (QED) is 0.812. The van der Waals surface area contributed by atoms with Crippen molar-refractivity contribution in [2.45, 2.75) is 26.4 Å². The zero-order chi connectivity index (χ0) is 15.2. The molecule has 0 atom stereocenters. The highest BCUT2D eigenvalue weighted by Gasteiger charge is 2.14. The molecule has 0 heterocycles. The number of aromatic carboxylic acids is 1. The van der Waals surface area contributed by atoms with E-state index in [1.165, 1.54) is 12.1 Å². The molecule has 106 valence electrons. The number of hydrogen-bond acceptors (Lipinski definition) is 3. The minimum absolute atomic E-state index is 0.162. The predicted molar refractivity (Wildman–Crippen MR) is 74.5 cm³/mol. The smallest absolute Gasteiger partial charge is 0.408 e. The largest absolute Gasteiger partial charge is 0.478 e. The molecule has 0 aliphatic heterocycles. The van der Waals surface area contributed by atoms with E-state index in [9.17, 15) is 9.59 Å². The number of carbonyl (C=O) groups is 2. The lowest BCUT2D eigenvalue weighted by atomic mass is 10.1. The molecule has 0 aliphatic carbocycles. The minimum Gasteiger partial charge on any atom is -0.478 e. The van der Waals surface area contributed by atoms with Crippen LogP contribution in [0.15, 0.2) is 24.3 Å². The summed E-state index contributed by atoms with van der Waals surface area (Å²) in [6, 6.07) is 6.19. The van der Waals surface area contributed by atoms with Crippen LogP contribution in [0.25, 0.3) is 0 Å². The summed E-state index contributed by atoms with van der Waals surface area (Å²) in [7, 11) is 0. The number of ether oxygens (including phenoxy) is 1. The molecule has 20 heavy (non-hydrogen) atoms. The number of carbonyl (C=O) groups excluding carboxylic acids is 1. The molecule has 0 saturated heterocycles. The highest BCUT2D eigenvalue weighted by molar-refractivity contribution is 5.87. The van der Waals surface area contributed by atoms with Crippen LogP contribution < -0.4 is 5.32 Å². The Labute approximate surface area is 117 Å². The predicted octanol–water partition coefficient (Wildman–Crippen LogP) is 2.26. The summed E-state index contributed by atoms with van der Waals surface area (Å²) in [4.78, 5) is 22.0. The van der Waals surface area contributed by atoms with Crippen molar-refractivity contribution in [2.24, 2.45) is 0 Å². The van der Waals surface area contributed by atoms with E-state index in [4.69, 9.17) is 9.84 Å². The highest BCUT2D eigenvalue weighted by atomic mass is 16.6. The number of carboxylic acid groups (broad SMARTS) is 1. The Kier molecular flexibility index (Phi) is 5.15. The fourth-order valence-electron chi connectivity index (χ4n) is 1.27. The second-order valence-corrected chi connectivity index (χ2v) is 5.04. The second kappa shape index (κ2) is 6.62. The van der Waals surface area contributed by atoms with E-state index in [1.54, 1.807) is 32.9 Å². The summed E-state index contributed by atoms with van der Waals surface area (Å²) >= 11 is 0. The summed E-state index contributed by atoms with van der Waals surface area (Å²) < 4.78 is 5.05. The fourth-order valence-corrected chi connectivity index (χ4v) is 1.27. The number of alkyl carbamates (subject to hydrolysis) is 1. The van der Waals surface area contributed by atoms with E-state index in [-0.39, 0.29) is 12.1 Å². The van der Waals surface area contributed by atoms with Crippen molar-refractivity contribution in [3.63, 3.8) is 0 Å². The second-order valence-electron chi connectivity index (χ2n) is 5.04. The zero-order valence-electron chi connectivity index (χ0n) is 11.7. The molecule has 0 bridgehead atoms. The normalized spacial score (nSPS) is 10.2. The average Bonchev–Trinajstić information content (AvgIpc) is 2.33. The first-order valence-corrected chi connectivity index (χ1v) is 6.07. The lowest BCUT2D eigenvalue weighted by Gasteiger charge is -2.18. The Morgan fingerprint density at radius 1 is 1.25 bits per heavy atom. The standard InChI is InChI=1S/C15H17NO4/c1-15(2,3)20-14(19)16-10-4-5-11-6-8-12(9-7-11)13(17)18/h6-9H,10H2,1-3H3,(H,16,19)(H,17,18). The maximum atomic E-state index is 11.3. The molecule has 5 heteroatoms. The number of carboxylic acids is 1. The van der Waals surface area contributed by atoms with Gasteiger partial charge in [-0.25, -0.2) is 9.59 Å². The van der Waals surface area contributed by atoms with Crippen molar-refractivity contribution in [1.29, 1.82) is 0 Å². The van der Waals surface area contributed by atoms with Gasteiger partial charge in [-0.1, -0.05) is 11.8 Å². The van der Waals surface area contributed by atoms with Crippen molar-refractivity contribution in [2.75, 3.05) is 6.54 Å². The highest BCUT2D eigenvalue weighted by Crippen LogP contribution is 2.06. The third-order valence-corrected chi connectivity index (χ3v) is 2.08. The zero-order valence-corrected chi connectivity index (χ0v) is 11.7. The van der Waals surface area contributed by atoms with Crippen LogP contribution in [0, 0.1) is 11.8 Å². The number of hydrogen-bond donors (Lipinski definition) is 2. The summed E-state index contributed by atoms with van der Waals surface area (Å²) in [5.74, 6) is 4.60. The van der Waals surface area contributed by atoms with Gasteiger partial charge >= 0.3 is 12.1 Å². The summed E-state index contributed by atoms with van der Waals surface area (Å²) in [6.07, 6.45) is -0.520. The van der Waals surface area contributed by atoms with Gasteiger partial charge in [-0.2, -0.15) is 0 Å². The lowest BCUT2D eigenvalue weighted by molar-refractivity contribution is 0.0534. The molecule has 0 fully saturated rings. The molecule has 0 aliphatic rings. The molecule has 0 radical (unpaired) electrons. The molecule has 1 aromatic carbocycles. The van der Waals surface area contributed by atoms with E-state index < -0.39 is 17.7 Å². The number of nitrogens with one attached hydrogen (secondary N) is 1. The van der Waals surface area contributed by atoms with Gasteiger partial charge in [0.25, 0.3) is 0 Å². The van der Waals surface area contributed by atoms with Crippen LogP contribution >= 0.6 is 0 Å². The monoisotopic (exact) mass is 275 g/mol. The number of rotatable bonds is 2. The van der Waals surface area contributed by atoms with Crippen LogP contribution in [0.3, 0.4) is 0 Å². The molecule has 0 spiro atoms. The van der Waals surface area contributed by atoms with Gasteiger partial charge in [-0.15, -0.1) is 0 Å². The molecular formula is C15H17NO4. The molecule has 0 saturated carbocycles. The molecule has 5 nitrogen and oxygen atoms in total. The van der Waals surface area contributed by atoms with Gasteiger partial charge in [0.2, 0.25) is 0 Å². The van der Waals surface area contributed by atoms with E-state index in [0.717, 1.165) is 0 Å². The van der Waals surface area contributed by atoms with Crippen molar-refractivity contribution < 1.29 is 19.4 Å². The van der Waals surface area contributed by atoms with Gasteiger partial charge in [-0.05, 0) is 45.0 Å². The van der Waals surface area contributed by atoms with Gasteiger partial charge in [0, 0.05) is 5.56 Å². The van der Waals surface area contributed by atoms with Crippen molar-refractivity contribution >= 4 is 12.1 Å². The third kappa shape index (κ3) is 5.91. The summed E-state index contributed by atoms with van der Waals surface area (Å²) in [5, 5.41) is 11.3. The molecule has 1 amide bonds. The topological polar surface area (TPSA) is 75.6 Å². The Balaban J connectivity index is 2.47. The SMILES string of the molecule is CC(C)(C)OC(=O)NCC#Cc1ccc(C(=O)O)cc1.